The molecule has 0 bridgehead atoms. The van der Waals surface area contributed by atoms with E-state index in [0.29, 0.717) is 35.9 Å². The molecule has 0 saturated heterocycles. The highest BCUT2D eigenvalue weighted by molar-refractivity contribution is 5.96. The fourth-order valence-corrected chi connectivity index (χ4v) is 2.77. The van der Waals surface area contributed by atoms with Crippen LogP contribution >= 0.6 is 0 Å². The van der Waals surface area contributed by atoms with Crippen LogP contribution < -0.4 is 20.1 Å². The van der Waals surface area contributed by atoms with Crippen LogP contribution in [0.1, 0.15) is 26.4 Å². The van der Waals surface area contributed by atoms with Crippen molar-refractivity contribution >= 4 is 11.8 Å². The Balaban J connectivity index is 1.59. The van der Waals surface area contributed by atoms with Crippen molar-refractivity contribution in [1.82, 2.24) is 20.6 Å². The molecule has 0 aliphatic rings. The summed E-state index contributed by atoms with van der Waals surface area (Å²) in [5, 5.41) is 5.39. The zero-order valence-corrected chi connectivity index (χ0v) is 16.7. The highest BCUT2D eigenvalue weighted by Crippen LogP contribution is 2.22. The number of aromatic nitrogens is 2. The molecule has 2 amide bonds. The van der Waals surface area contributed by atoms with Crippen molar-refractivity contribution in [3.8, 4) is 17.4 Å². The first-order valence-corrected chi connectivity index (χ1v) is 9.33. The van der Waals surface area contributed by atoms with Crippen molar-refractivity contribution in [2.24, 2.45) is 0 Å². The molecule has 2 heterocycles. The minimum Gasteiger partial charge on any atom is -0.480 e. The van der Waals surface area contributed by atoms with Crippen LogP contribution in [-0.2, 0) is 6.42 Å². The third-order valence-electron chi connectivity index (χ3n) is 4.23. The van der Waals surface area contributed by atoms with Crippen LogP contribution in [0.2, 0.25) is 0 Å². The minimum atomic E-state index is -0.282. The Hall–Kier alpha value is -3.94. The van der Waals surface area contributed by atoms with E-state index >= 15 is 0 Å². The van der Waals surface area contributed by atoms with Crippen molar-refractivity contribution in [2.45, 2.75) is 6.42 Å². The molecular formula is C22H22N4O4. The molecule has 0 radical (unpaired) electrons. The molecule has 0 saturated carbocycles. The minimum absolute atomic E-state index is 0.245. The Morgan fingerprint density at radius 3 is 2.60 bits per heavy atom. The van der Waals surface area contributed by atoms with Gasteiger partial charge in [-0.05, 0) is 42.3 Å². The van der Waals surface area contributed by atoms with E-state index in [1.54, 1.807) is 37.5 Å². The van der Waals surface area contributed by atoms with Crippen LogP contribution in [0, 0.1) is 0 Å². The number of nitrogens with one attached hydrogen (secondary N) is 2. The van der Waals surface area contributed by atoms with Gasteiger partial charge in [0.1, 0.15) is 22.8 Å². The molecule has 1 aromatic carbocycles. The lowest BCUT2D eigenvalue weighted by molar-refractivity contribution is 0.0945. The predicted octanol–water partition coefficient (Wildman–Crippen LogP) is 2.61. The van der Waals surface area contributed by atoms with E-state index in [-0.39, 0.29) is 17.5 Å². The first kappa shape index (κ1) is 20.8. The topological polar surface area (TPSA) is 102 Å². The number of amides is 2. The van der Waals surface area contributed by atoms with Gasteiger partial charge in [0.05, 0.1) is 7.11 Å². The average Bonchev–Trinajstić information content (AvgIpc) is 2.79. The van der Waals surface area contributed by atoms with Crippen molar-refractivity contribution in [2.75, 3.05) is 20.7 Å². The molecule has 3 rings (SSSR count). The standard InChI is InChI=1S/C22H22N4O4/c1-23-21(28)19-14-17(9-12-24-19)30-16-6-3-5-15(13-16)8-11-25-20(27)18-7-4-10-26-22(18)29-2/h3-7,9-10,12-14H,8,11H2,1-2H3,(H,23,28)(H,25,27). The molecule has 0 aliphatic carbocycles. The van der Waals surface area contributed by atoms with Crippen molar-refractivity contribution < 1.29 is 19.1 Å². The van der Waals surface area contributed by atoms with Gasteiger partial charge < -0.3 is 20.1 Å². The number of pyridine rings is 2. The van der Waals surface area contributed by atoms with Gasteiger partial charge in [0, 0.05) is 32.1 Å². The van der Waals surface area contributed by atoms with Crippen LogP contribution in [0.25, 0.3) is 0 Å². The Kier molecular flexibility index (Phi) is 6.94. The maximum atomic E-state index is 12.3. The molecule has 2 N–H and O–H groups in total. The summed E-state index contributed by atoms with van der Waals surface area (Å²) in [6.07, 6.45) is 3.71. The highest BCUT2D eigenvalue weighted by atomic mass is 16.5. The second-order valence-electron chi connectivity index (χ2n) is 6.27. The first-order chi connectivity index (χ1) is 14.6. The van der Waals surface area contributed by atoms with Gasteiger partial charge in [-0.3, -0.25) is 14.6 Å². The fourth-order valence-electron chi connectivity index (χ4n) is 2.77. The van der Waals surface area contributed by atoms with Gasteiger partial charge in [-0.25, -0.2) is 4.98 Å². The van der Waals surface area contributed by atoms with Gasteiger partial charge in [0.15, 0.2) is 0 Å². The summed E-state index contributed by atoms with van der Waals surface area (Å²) in [6, 6.07) is 14.1. The Labute approximate surface area is 174 Å². The maximum absolute atomic E-state index is 12.3. The number of carbonyl (C=O) groups is 2. The number of methoxy groups -OCH3 is 1. The SMILES string of the molecule is CNC(=O)c1cc(Oc2cccc(CCNC(=O)c3cccnc3OC)c2)ccn1. The molecule has 3 aromatic rings. The van der Waals surface area contributed by atoms with Gasteiger partial charge >= 0.3 is 0 Å². The number of benzene rings is 1. The third kappa shape index (κ3) is 5.32. The largest absolute Gasteiger partial charge is 0.480 e. The van der Waals surface area contributed by atoms with Crippen molar-refractivity contribution in [3.05, 3.63) is 77.7 Å². The molecule has 0 unspecified atom stereocenters. The second kappa shape index (κ2) is 10.0. The molecule has 8 heteroatoms. The number of rotatable bonds is 8. The van der Waals surface area contributed by atoms with Gasteiger partial charge in [0.2, 0.25) is 5.88 Å². The summed E-state index contributed by atoms with van der Waals surface area (Å²) in [6.45, 7) is 0.441. The Morgan fingerprint density at radius 1 is 0.967 bits per heavy atom. The molecular weight excluding hydrogens is 384 g/mol. The zero-order valence-electron chi connectivity index (χ0n) is 16.7. The number of hydrogen-bond donors (Lipinski definition) is 2. The first-order valence-electron chi connectivity index (χ1n) is 9.33. The number of hydrogen-bond acceptors (Lipinski definition) is 6. The van der Waals surface area contributed by atoms with E-state index in [9.17, 15) is 9.59 Å². The van der Waals surface area contributed by atoms with Crippen molar-refractivity contribution in [3.63, 3.8) is 0 Å². The summed E-state index contributed by atoms with van der Waals surface area (Å²) in [5.41, 5.74) is 1.66. The predicted molar refractivity (Wildman–Crippen MR) is 111 cm³/mol. The lowest BCUT2D eigenvalue weighted by Crippen LogP contribution is -2.26. The Bertz CT molecular complexity index is 1040. The zero-order chi connectivity index (χ0) is 21.3. The van der Waals surface area contributed by atoms with Crippen LogP contribution in [0.3, 0.4) is 0 Å². The monoisotopic (exact) mass is 406 g/mol. The molecule has 0 spiro atoms. The summed E-state index contributed by atoms with van der Waals surface area (Å²) in [4.78, 5) is 32.1. The van der Waals surface area contributed by atoms with Gasteiger partial charge in [-0.1, -0.05) is 12.1 Å². The molecule has 0 fully saturated rings. The van der Waals surface area contributed by atoms with Crippen molar-refractivity contribution in [1.29, 1.82) is 0 Å². The maximum Gasteiger partial charge on any atom is 0.269 e. The number of nitrogens with zero attached hydrogens (tertiary/aromatic N) is 2. The summed E-state index contributed by atoms with van der Waals surface area (Å²) in [5.74, 6) is 0.902. The molecule has 8 nitrogen and oxygen atoms in total. The normalized spacial score (nSPS) is 10.2. The summed E-state index contributed by atoms with van der Waals surface area (Å²) in [7, 11) is 3.02. The second-order valence-corrected chi connectivity index (χ2v) is 6.27. The van der Waals surface area contributed by atoms with E-state index in [1.807, 2.05) is 24.3 Å². The quantitative estimate of drug-likeness (QED) is 0.596. The fraction of sp³-hybridized carbons (Fsp3) is 0.182. The molecule has 0 aliphatic heterocycles. The molecule has 2 aromatic heterocycles. The van der Waals surface area contributed by atoms with Crippen LogP contribution in [-0.4, -0.2) is 42.5 Å². The molecule has 30 heavy (non-hydrogen) atoms. The van der Waals surface area contributed by atoms with E-state index in [4.69, 9.17) is 9.47 Å². The average molecular weight is 406 g/mol. The van der Waals surface area contributed by atoms with Gasteiger partial charge in [-0.15, -0.1) is 0 Å². The molecule has 154 valence electrons. The molecule has 0 atom stereocenters. The van der Waals surface area contributed by atoms with E-state index in [2.05, 4.69) is 20.6 Å². The lowest BCUT2D eigenvalue weighted by atomic mass is 10.1. The van der Waals surface area contributed by atoms with E-state index in [0.717, 1.165) is 5.56 Å². The summed E-state index contributed by atoms with van der Waals surface area (Å²) < 4.78 is 11.0. The lowest BCUT2D eigenvalue weighted by Gasteiger charge is -2.10. The number of ether oxygens (including phenoxy) is 2. The third-order valence-corrected chi connectivity index (χ3v) is 4.23. The van der Waals surface area contributed by atoms with Gasteiger partial charge in [-0.2, -0.15) is 0 Å². The van der Waals surface area contributed by atoms with Crippen LogP contribution in [0.4, 0.5) is 0 Å². The summed E-state index contributed by atoms with van der Waals surface area (Å²) >= 11 is 0. The van der Waals surface area contributed by atoms with Crippen LogP contribution in [0.15, 0.2) is 60.9 Å². The highest BCUT2D eigenvalue weighted by Gasteiger charge is 2.12. The van der Waals surface area contributed by atoms with Crippen LogP contribution in [0.5, 0.6) is 17.4 Å². The number of carbonyl (C=O) groups excluding carboxylic acids is 2. The van der Waals surface area contributed by atoms with Gasteiger partial charge in [0.25, 0.3) is 11.8 Å². The van der Waals surface area contributed by atoms with E-state index < -0.39 is 0 Å². The smallest absolute Gasteiger partial charge is 0.269 e. The van der Waals surface area contributed by atoms with E-state index in [1.165, 1.54) is 13.3 Å². The Morgan fingerprint density at radius 2 is 1.80 bits per heavy atom.